The zero-order valence-corrected chi connectivity index (χ0v) is 9.54. The zero-order valence-electron chi connectivity index (χ0n) is 9.54. The van der Waals surface area contributed by atoms with Crippen molar-refractivity contribution >= 4 is 16.7 Å². The van der Waals surface area contributed by atoms with Crippen molar-refractivity contribution in [2.24, 2.45) is 0 Å². The second-order valence-corrected chi connectivity index (χ2v) is 3.98. The molecule has 1 heterocycles. The maximum Gasteiger partial charge on any atom is 0.220 e. The average Bonchev–Trinajstić information content (AvgIpc) is 2.38. The number of nitrogens with zero attached hydrogens (tertiary/aromatic N) is 2. The molecule has 0 aliphatic rings. The summed E-state index contributed by atoms with van der Waals surface area (Å²) in [6.45, 7) is 0. The number of hydrogen-bond acceptors (Lipinski definition) is 4. The molecular weight excluding hydrogens is 226 g/mol. The Bertz CT molecular complexity index is 725. The van der Waals surface area contributed by atoms with E-state index >= 15 is 0 Å². The summed E-state index contributed by atoms with van der Waals surface area (Å²) in [4.78, 5) is 8.02. The smallest absolute Gasteiger partial charge is 0.220 e. The summed E-state index contributed by atoms with van der Waals surface area (Å²) in [6.07, 6.45) is 1.58. The lowest BCUT2D eigenvalue weighted by molar-refractivity contribution is 0.478. The van der Waals surface area contributed by atoms with E-state index in [0.717, 1.165) is 10.8 Å². The molecule has 3 N–H and O–H groups in total. The van der Waals surface area contributed by atoms with Crippen LogP contribution in [0.4, 0.5) is 5.95 Å². The maximum absolute atomic E-state index is 10.1. The Kier molecular flexibility index (Phi) is 2.34. The van der Waals surface area contributed by atoms with Gasteiger partial charge in [-0.1, -0.05) is 30.3 Å². The standard InChI is InChI=1S/C14H11N3O/c15-14-16-8-7-11(17-14)13-10-4-2-1-3-9(10)5-6-12(13)18/h1-8,18H,(H2,15,16,17). The zero-order chi connectivity index (χ0) is 12.5. The predicted octanol–water partition coefficient (Wildman–Crippen LogP) is 2.58. The Balaban J connectivity index is 2.37. The first kappa shape index (κ1) is 10.5. The Labute approximate surface area is 104 Å². The lowest BCUT2D eigenvalue weighted by atomic mass is 10.0. The van der Waals surface area contributed by atoms with Crippen LogP contribution in [-0.2, 0) is 0 Å². The summed E-state index contributed by atoms with van der Waals surface area (Å²) in [5.41, 5.74) is 6.89. The first-order chi connectivity index (χ1) is 8.75. The second-order valence-electron chi connectivity index (χ2n) is 3.98. The Morgan fingerprint density at radius 3 is 2.67 bits per heavy atom. The molecule has 0 unspecified atom stereocenters. The molecule has 3 rings (SSSR count). The van der Waals surface area contributed by atoms with E-state index in [-0.39, 0.29) is 11.7 Å². The molecule has 88 valence electrons. The summed E-state index contributed by atoms with van der Waals surface area (Å²) in [5, 5.41) is 12.0. The normalized spacial score (nSPS) is 10.7. The topological polar surface area (TPSA) is 72.0 Å². The van der Waals surface area contributed by atoms with Crippen LogP contribution in [0.15, 0.2) is 48.7 Å². The van der Waals surface area contributed by atoms with Crippen LogP contribution in [0.25, 0.3) is 22.0 Å². The van der Waals surface area contributed by atoms with Crippen molar-refractivity contribution < 1.29 is 5.11 Å². The molecule has 0 radical (unpaired) electrons. The monoisotopic (exact) mass is 237 g/mol. The Hall–Kier alpha value is -2.62. The number of aromatic nitrogens is 2. The number of nitrogen functional groups attached to an aromatic ring is 1. The lowest BCUT2D eigenvalue weighted by Gasteiger charge is -2.08. The van der Waals surface area contributed by atoms with Crippen LogP contribution in [-0.4, -0.2) is 15.1 Å². The van der Waals surface area contributed by atoms with Crippen LogP contribution in [0, 0.1) is 0 Å². The SMILES string of the molecule is Nc1nccc(-c2c(O)ccc3ccccc23)n1. The quantitative estimate of drug-likeness (QED) is 0.682. The molecule has 1 aromatic heterocycles. The van der Waals surface area contributed by atoms with Crippen LogP contribution >= 0.6 is 0 Å². The highest BCUT2D eigenvalue weighted by molar-refractivity contribution is 5.98. The van der Waals surface area contributed by atoms with Crippen molar-refractivity contribution in [2.75, 3.05) is 5.73 Å². The van der Waals surface area contributed by atoms with Crippen molar-refractivity contribution in [3.8, 4) is 17.0 Å². The third kappa shape index (κ3) is 1.64. The van der Waals surface area contributed by atoms with Gasteiger partial charge in [0.2, 0.25) is 5.95 Å². The van der Waals surface area contributed by atoms with E-state index in [1.54, 1.807) is 18.3 Å². The number of benzene rings is 2. The summed E-state index contributed by atoms with van der Waals surface area (Å²) in [6, 6.07) is 13.1. The summed E-state index contributed by atoms with van der Waals surface area (Å²) in [5.74, 6) is 0.381. The van der Waals surface area contributed by atoms with Crippen LogP contribution < -0.4 is 5.73 Å². The van der Waals surface area contributed by atoms with Gasteiger partial charge in [-0.25, -0.2) is 9.97 Å². The molecule has 18 heavy (non-hydrogen) atoms. The minimum atomic E-state index is 0.187. The van der Waals surface area contributed by atoms with Gasteiger partial charge in [0.15, 0.2) is 0 Å². The van der Waals surface area contributed by atoms with E-state index in [0.29, 0.717) is 11.3 Å². The second kappa shape index (κ2) is 4.00. The van der Waals surface area contributed by atoms with E-state index in [1.807, 2.05) is 30.3 Å². The van der Waals surface area contributed by atoms with Crippen molar-refractivity contribution in [3.63, 3.8) is 0 Å². The van der Waals surface area contributed by atoms with Gasteiger partial charge in [-0.2, -0.15) is 0 Å². The third-order valence-corrected chi connectivity index (χ3v) is 2.84. The molecule has 4 heteroatoms. The van der Waals surface area contributed by atoms with Crippen molar-refractivity contribution in [1.82, 2.24) is 9.97 Å². The van der Waals surface area contributed by atoms with Gasteiger partial charge in [0, 0.05) is 11.8 Å². The van der Waals surface area contributed by atoms with Crippen molar-refractivity contribution in [3.05, 3.63) is 48.7 Å². The Morgan fingerprint density at radius 2 is 1.83 bits per heavy atom. The van der Waals surface area contributed by atoms with Gasteiger partial charge in [-0.3, -0.25) is 0 Å². The maximum atomic E-state index is 10.1. The molecule has 3 aromatic rings. The summed E-state index contributed by atoms with van der Waals surface area (Å²) in [7, 11) is 0. The van der Waals surface area contributed by atoms with Gasteiger partial charge in [0.25, 0.3) is 0 Å². The fourth-order valence-corrected chi connectivity index (χ4v) is 2.04. The highest BCUT2D eigenvalue weighted by Gasteiger charge is 2.10. The van der Waals surface area contributed by atoms with Gasteiger partial charge >= 0.3 is 0 Å². The van der Waals surface area contributed by atoms with E-state index in [9.17, 15) is 5.11 Å². The molecule has 0 amide bonds. The molecule has 0 saturated heterocycles. The van der Waals surface area contributed by atoms with Gasteiger partial charge in [0.05, 0.1) is 5.69 Å². The number of aromatic hydroxyl groups is 1. The highest BCUT2D eigenvalue weighted by atomic mass is 16.3. The van der Waals surface area contributed by atoms with Crippen molar-refractivity contribution in [1.29, 1.82) is 0 Å². The summed E-state index contributed by atoms with van der Waals surface area (Å²) >= 11 is 0. The largest absolute Gasteiger partial charge is 0.507 e. The number of anilines is 1. The molecule has 2 aromatic carbocycles. The summed E-state index contributed by atoms with van der Waals surface area (Å²) < 4.78 is 0. The number of phenolic OH excluding ortho intramolecular Hbond substituents is 1. The molecule has 0 spiro atoms. The molecule has 0 saturated carbocycles. The fourth-order valence-electron chi connectivity index (χ4n) is 2.04. The van der Waals surface area contributed by atoms with Crippen LogP contribution in [0.5, 0.6) is 5.75 Å². The van der Waals surface area contributed by atoms with Gasteiger partial charge in [-0.15, -0.1) is 0 Å². The average molecular weight is 237 g/mol. The Morgan fingerprint density at radius 1 is 1.00 bits per heavy atom. The van der Waals surface area contributed by atoms with Gasteiger partial charge < -0.3 is 10.8 Å². The fraction of sp³-hybridized carbons (Fsp3) is 0. The van der Waals surface area contributed by atoms with Crippen LogP contribution in [0.3, 0.4) is 0 Å². The van der Waals surface area contributed by atoms with Gasteiger partial charge in [-0.05, 0) is 22.9 Å². The van der Waals surface area contributed by atoms with Gasteiger partial charge in [0.1, 0.15) is 5.75 Å². The third-order valence-electron chi connectivity index (χ3n) is 2.84. The molecular formula is C14H11N3O. The molecule has 0 aliphatic heterocycles. The van der Waals surface area contributed by atoms with E-state index in [4.69, 9.17) is 5.73 Å². The van der Waals surface area contributed by atoms with Crippen LogP contribution in [0.1, 0.15) is 0 Å². The first-order valence-electron chi connectivity index (χ1n) is 5.55. The number of fused-ring (bicyclic) bond motifs is 1. The molecule has 0 bridgehead atoms. The van der Waals surface area contributed by atoms with Crippen molar-refractivity contribution in [2.45, 2.75) is 0 Å². The predicted molar refractivity (Wildman–Crippen MR) is 71.1 cm³/mol. The van der Waals surface area contributed by atoms with E-state index in [1.165, 1.54) is 0 Å². The first-order valence-corrected chi connectivity index (χ1v) is 5.55. The van der Waals surface area contributed by atoms with Crippen LogP contribution in [0.2, 0.25) is 0 Å². The molecule has 0 atom stereocenters. The number of nitrogens with two attached hydrogens (primary N) is 1. The number of phenols is 1. The number of rotatable bonds is 1. The number of hydrogen-bond donors (Lipinski definition) is 2. The molecule has 0 fully saturated rings. The van der Waals surface area contributed by atoms with E-state index in [2.05, 4.69) is 9.97 Å². The molecule has 4 nitrogen and oxygen atoms in total. The lowest BCUT2D eigenvalue weighted by Crippen LogP contribution is -1.95. The minimum absolute atomic E-state index is 0.187. The van der Waals surface area contributed by atoms with E-state index < -0.39 is 0 Å². The highest BCUT2D eigenvalue weighted by Crippen LogP contribution is 2.35. The molecule has 0 aliphatic carbocycles. The minimum Gasteiger partial charge on any atom is -0.507 e.